The SMILES string of the molecule is COCCCNC(=O)COc1ccc(C[C@@H]2NC(=O)c3csc(n3)CNC(=O)c3nc(sc3C)[C@H](CC(N)=O)NC(=O)c3csc(n3)-c3ccc(-c4nc(C(=O)NC5CCC(C(=O)O)CC5)cs4)nc3-c3csc(n3)-c3csc(n3)[C@@H]3[C@@H](C)[C@@H](O)CN3C2=O)cc1. The van der Waals surface area contributed by atoms with Gasteiger partial charge in [0.25, 0.3) is 29.5 Å². The van der Waals surface area contributed by atoms with E-state index in [2.05, 4.69) is 41.5 Å². The number of fused-ring (bicyclic) bond motifs is 16. The number of nitrogens with two attached hydrogens (primary N) is 1. The Balaban J connectivity index is 0.927. The summed E-state index contributed by atoms with van der Waals surface area (Å²) in [5.74, 6) is -5.28. The number of primary amides is 1. The fourth-order valence-electron chi connectivity index (χ4n) is 10.7. The number of aryl methyl sites for hydroxylation is 1. The predicted molar refractivity (Wildman–Crippen MR) is 340 cm³/mol. The van der Waals surface area contributed by atoms with Crippen molar-refractivity contribution in [3.05, 3.63) is 112 Å². The number of pyridine rings is 1. The second kappa shape index (κ2) is 28.4. The Morgan fingerprint density at radius 1 is 0.736 bits per heavy atom. The topological polar surface area (TPSA) is 375 Å². The Morgan fingerprint density at radius 2 is 1.43 bits per heavy atom. The molecule has 7 aromatic heterocycles. The van der Waals surface area contributed by atoms with E-state index in [1.807, 2.05) is 12.3 Å². The molecular formula is C59H60N14O12S6. The summed E-state index contributed by atoms with van der Waals surface area (Å²) in [5.41, 5.74) is 8.59. The predicted octanol–water partition coefficient (Wildman–Crippen LogP) is 6.21. The lowest BCUT2D eigenvalue weighted by Crippen LogP contribution is -2.50. The van der Waals surface area contributed by atoms with E-state index in [1.165, 1.54) is 44.3 Å². The van der Waals surface area contributed by atoms with Crippen LogP contribution in [0.2, 0.25) is 0 Å². The number of aromatic nitrogens is 7. The van der Waals surface area contributed by atoms with Gasteiger partial charge in [0, 0.05) is 82.5 Å². The van der Waals surface area contributed by atoms with Crippen LogP contribution in [0.5, 0.6) is 5.75 Å². The summed E-state index contributed by atoms with van der Waals surface area (Å²) in [4.78, 5) is 143. The average Bonchev–Trinajstić information content (AvgIpc) is 1.67. The minimum absolute atomic E-state index is 0.00423. The van der Waals surface area contributed by atoms with Crippen LogP contribution in [0.3, 0.4) is 0 Å². The number of nitrogens with zero attached hydrogens (tertiary/aromatic N) is 8. The van der Waals surface area contributed by atoms with Crippen LogP contribution in [0.4, 0.5) is 0 Å². The highest BCUT2D eigenvalue weighted by Crippen LogP contribution is 2.43. The Hall–Kier alpha value is -8.37. The third-order valence-corrected chi connectivity index (χ3v) is 20.9. The molecule has 5 atom stereocenters. The van der Waals surface area contributed by atoms with Crippen LogP contribution in [0.25, 0.3) is 43.4 Å². The zero-order valence-corrected chi connectivity index (χ0v) is 53.9. The third-order valence-electron chi connectivity index (χ3n) is 15.5. The van der Waals surface area contributed by atoms with Gasteiger partial charge in [0.2, 0.25) is 11.8 Å². The molecule has 26 nitrogen and oxygen atoms in total. The highest BCUT2D eigenvalue weighted by Gasteiger charge is 2.45. The van der Waals surface area contributed by atoms with E-state index in [-0.39, 0.29) is 72.3 Å². The maximum absolute atomic E-state index is 15.2. The molecule has 0 radical (unpaired) electrons. The van der Waals surface area contributed by atoms with E-state index < -0.39 is 77.5 Å². The number of carboxylic acid groups (broad SMARTS) is 1. The van der Waals surface area contributed by atoms with Crippen molar-refractivity contribution in [1.29, 1.82) is 0 Å². The quantitative estimate of drug-likeness (QED) is 0.0528. The Labute approximate surface area is 543 Å². The smallest absolute Gasteiger partial charge is 0.306 e. The highest BCUT2D eigenvalue weighted by atomic mass is 32.1. The average molecular weight is 1350 g/mol. The van der Waals surface area contributed by atoms with Gasteiger partial charge in [0.1, 0.15) is 81.7 Å². The molecule has 1 aliphatic carbocycles. The van der Waals surface area contributed by atoms with Gasteiger partial charge in [-0.05, 0) is 68.9 Å². The number of ether oxygens (including phenoxy) is 2. The van der Waals surface area contributed by atoms with Crippen molar-refractivity contribution < 1.29 is 58.0 Å². The number of thiazole rings is 6. The summed E-state index contributed by atoms with van der Waals surface area (Å²) in [7, 11) is 1.58. The molecular weight excluding hydrogens is 1290 g/mol. The number of aliphatic hydroxyl groups excluding tert-OH is 1. The molecule has 32 heteroatoms. The van der Waals surface area contributed by atoms with E-state index in [4.69, 9.17) is 35.1 Å². The number of hydrogen-bond donors (Lipinski definition) is 8. The zero-order valence-electron chi connectivity index (χ0n) is 49.0. The molecule has 1 saturated carbocycles. The van der Waals surface area contributed by atoms with Crippen molar-refractivity contribution in [3.8, 4) is 49.1 Å². The van der Waals surface area contributed by atoms with Gasteiger partial charge in [0.05, 0.1) is 42.8 Å². The molecule has 10 bridgehead atoms. The van der Waals surface area contributed by atoms with E-state index in [0.717, 1.165) is 34.0 Å². The lowest BCUT2D eigenvalue weighted by atomic mass is 9.86. The number of carbonyl (C=O) groups is 8. The molecule has 9 N–H and O–H groups in total. The number of benzene rings is 1. The molecule has 91 heavy (non-hydrogen) atoms. The number of aliphatic hydroxyl groups is 1. The zero-order chi connectivity index (χ0) is 64.0. The van der Waals surface area contributed by atoms with Crippen LogP contribution < -0.4 is 37.1 Å². The Morgan fingerprint density at radius 3 is 2.19 bits per heavy atom. The van der Waals surface area contributed by atoms with Crippen LogP contribution in [-0.2, 0) is 36.9 Å². The van der Waals surface area contributed by atoms with Crippen LogP contribution in [0.15, 0.2) is 63.3 Å². The molecule has 7 amide bonds. The first kappa shape index (κ1) is 64.2. The van der Waals surface area contributed by atoms with Crippen molar-refractivity contribution in [3.63, 3.8) is 0 Å². The number of carboxylic acids is 1. The van der Waals surface area contributed by atoms with Gasteiger partial charge in [-0.25, -0.2) is 34.9 Å². The molecule has 2 aliphatic heterocycles. The maximum Gasteiger partial charge on any atom is 0.306 e. The minimum atomic E-state index is -1.21. The molecule has 3 aliphatic rings. The summed E-state index contributed by atoms with van der Waals surface area (Å²) >= 11 is 7.10. The van der Waals surface area contributed by atoms with Gasteiger partial charge in [-0.15, -0.1) is 68.0 Å². The van der Waals surface area contributed by atoms with Gasteiger partial charge < -0.3 is 56.9 Å². The number of methoxy groups -OCH3 is 1. The number of rotatable bonds is 15. The number of hydrogen-bond acceptors (Lipinski definition) is 24. The monoisotopic (exact) mass is 1350 g/mol. The van der Waals surface area contributed by atoms with Crippen molar-refractivity contribution in [2.75, 3.05) is 33.4 Å². The van der Waals surface area contributed by atoms with E-state index in [9.17, 15) is 43.8 Å². The second-order valence-corrected chi connectivity index (χ2v) is 27.5. The van der Waals surface area contributed by atoms with E-state index in [0.29, 0.717) is 115 Å². The van der Waals surface area contributed by atoms with Gasteiger partial charge in [-0.2, -0.15) is 0 Å². The lowest BCUT2D eigenvalue weighted by molar-refractivity contribution is -0.143. The molecule has 11 rings (SSSR count). The Kier molecular flexibility index (Phi) is 20.0. The summed E-state index contributed by atoms with van der Waals surface area (Å²) in [6.07, 6.45) is 1.27. The van der Waals surface area contributed by atoms with Gasteiger partial charge in [-0.1, -0.05) is 19.1 Å². The second-order valence-electron chi connectivity index (χ2n) is 21.8. The van der Waals surface area contributed by atoms with Crippen molar-refractivity contribution in [1.82, 2.24) is 66.4 Å². The van der Waals surface area contributed by atoms with Crippen molar-refractivity contribution in [2.45, 2.75) is 95.6 Å². The molecule has 0 unspecified atom stereocenters. The highest BCUT2D eigenvalue weighted by molar-refractivity contribution is 7.15. The number of nitrogens with one attached hydrogen (secondary N) is 5. The lowest BCUT2D eigenvalue weighted by Gasteiger charge is -2.29. The van der Waals surface area contributed by atoms with Crippen molar-refractivity contribution >= 4 is 115 Å². The molecule has 8 aromatic rings. The largest absolute Gasteiger partial charge is 0.484 e. The Bertz CT molecular complexity index is 4040. The van der Waals surface area contributed by atoms with Gasteiger partial charge in [-0.3, -0.25) is 38.4 Å². The molecule has 2 fully saturated rings. The molecule has 474 valence electrons. The van der Waals surface area contributed by atoms with Gasteiger partial charge >= 0.3 is 5.97 Å². The summed E-state index contributed by atoms with van der Waals surface area (Å²) in [6, 6.07) is 7.05. The minimum Gasteiger partial charge on any atom is -0.484 e. The van der Waals surface area contributed by atoms with Gasteiger partial charge in [0.15, 0.2) is 6.61 Å². The molecule has 1 saturated heterocycles. The summed E-state index contributed by atoms with van der Waals surface area (Å²) in [5, 5.41) is 46.0. The first-order valence-electron chi connectivity index (χ1n) is 28.8. The fourth-order valence-corrected chi connectivity index (χ4v) is 15.8. The number of amides is 7. The standard InChI is InChI=1S/C59H60N14O12S6/c1-27-42(74)20-73-48(27)57-71-41(26-90-57)55-68-37(22-88-55)47-33(13-14-34(65-47)54-70-39(25-89-54)49(77)63-31-9-7-30(8-10-31)59(82)83)53-69-40(24-87-53)51(79)66-35(18-43(60)75)56-72-46(28(2)91-56)52(80)62-19-45-64-38(23-86-45)50(78)67-36(58(73)81)17-29-5-11-32(12-6-29)85-21-44(76)61-15-4-16-84-3/h5-6,11-14,22-27,30-31,35-36,42,48,74H,4,7-10,15-21H2,1-3H3,(H2,60,75)(H,61,76)(H,62,80)(H,63,77)(H,66,79)(H,67,78)(H,82,83)/t27-,30?,31?,35-,36-,42-,48-/m0/s1. The summed E-state index contributed by atoms with van der Waals surface area (Å²) < 4.78 is 10.8. The van der Waals surface area contributed by atoms with Crippen LogP contribution in [0, 0.1) is 18.8 Å². The van der Waals surface area contributed by atoms with Crippen LogP contribution in [0.1, 0.15) is 125 Å². The molecule has 1 aromatic carbocycles. The number of aliphatic carboxylic acids is 1. The molecule has 0 spiro atoms. The number of carbonyl (C=O) groups excluding carboxylic acids is 7. The van der Waals surface area contributed by atoms with E-state index >= 15 is 4.79 Å². The third kappa shape index (κ3) is 15.0. The maximum atomic E-state index is 15.2. The van der Waals surface area contributed by atoms with Crippen molar-refractivity contribution in [2.24, 2.45) is 17.6 Å². The van der Waals surface area contributed by atoms with E-state index in [1.54, 1.807) is 66.6 Å². The fraction of sp³-hybridized carbons (Fsp3) is 0.373. The molecule has 9 heterocycles. The first-order chi connectivity index (χ1) is 43.8. The normalized spacial score (nSPS) is 20.4. The summed E-state index contributed by atoms with van der Waals surface area (Å²) in [6.45, 7) is 4.00. The van der Waals surface area contributed by atoms with Crippen LogP contribution >= 0.6 is 68.0 Å². The van der Waals surface area contributed by atoms with Crippen LogP contribution in [-0.4, -0.2) is 149 Å². The first-order valence-corrected chi connectivity index (χ1v) is 34.0.